The van der Waals surface area contributed by atoms with Crippen LogP contribution in [0, 0.1) is 0 Å². The van der Waals surface area contributed by atoms with Gasteiger partial charge in [0.05, 0.1) is 25.4 Å². The van der Waals surface area contributed by atoms with Gasteiger partial charge in [-0.15, -0.1) is 0 Å². The molecule has 0 aliphatic heterocycles. The number of carboxylic acids is 1. The fourth-order valence-electron chi connectivity index (χ4n) is 2.77. The first kappa shape index (κ1) is 19.7. The predicted octanol–water partition coefficient (Wildman–Crippen LogP) is 2.67. The van der Waals surface area contributed by atoms with Crippen LogP contribution in [-0.4, -0.2) is 35.6 Å². The number of ether oxygens (including phenoxy) is 2. The average molecular weight is 394 g/mol. The van der Waals surface area contributed by atoms with Gasteiger partial charge < -0.3 is 19.9 Å². The number of aromatic carboxylic acids is 1. The molecule has 8 heteroatoms. The summed E-state index contributed by atoms with van der Waals surface area (Å²) in [6.07, 6.45) is 4.30. The molecule has 1 aromatic carbocycles. The summed E-state index contributed by atoms with van der Waals surface area (Å²) < 4.78 is 11.6. The molecule has 2 N–H and O–H groups in total. The lowest BCUT2D eigenvalue weighted by molar-refractivity contribution is -0.111. The maximum absolute atomic E-state index is 12.4. The van der Waals surface area contributed by atoms with Crippen molar-refractivity contribution in [2.75, 3.05) is 19.5 Å². The van der Waals surface area contributed by atoms with Crippen molar-refractivity contribution >= 4 is 29.2 Å². The Labute approximate surface area is 165 Å². The average Bonchev–Trinajstić information content (AvgIpc) is 2.73. The molecule has 0 fully saturated rings. The van der Waals surface area contributed by atoms with E-state index in [-0.39, 0.29) is 5.69 Å². The van der Waals surface area contributed by atoms with Gasteiger partial charge in [-0.3, -0.25) is 14.0 Å². The van der Waals surface area contributed by atoms with Crippen molar-refractivity contribution < 1.29 is 24.2 Å². The largest absolute Gasteiger partial charge is 0.497 e. The lowest BCUT2D eigenvalue weighted by Gasteiger charge is -2.10. The maximum atomic E-state index is 12.4. The first-order valence-corrected chi connectivity index (χ1v) is 8.52. The number of carbonyl (C=O) groups is 2. The van der Waals surface area contributed by atoms with Gasteiger partial charge in [0.15, 0.2) is 0 Å². The number of methoxy groups -OCH3 is 2. The Morgan fingerprint density at radius 3 is 2.38 bits per heavy atom. The first-order valence-electron chi connectivity index (χ1n) is 8.52. The number of amides is 1. The number of aromatic nitrogens is 1. The summed E-state index contributed by atoms with van der Waals surface area (Å²) in [6, 6.07) is 11.2. The number of nitrogens with one attached hydrogen (secondary N) is 1. The number of hydrogen-bond acceptors (Lipinski definition) is 5. The summed E-state index contributed by atoms with van der Waals surface area (Å²) in [6.45, 7) is 0. The monoisotopic (exact) mass is 394 g/mol. The van der Waals surface area contributed by atoms with E-state index in [9.17, 15) is 19.5 Å². The SMILES string of the molecule is COc1cc(/C=C/C(=O)Nc2cc(C(=O)O)c(=O)n3ccccc23)cc(OC)c1. The zero-order chi connectivity index (χ0) is 21.0. The summed E-state index contributed by atoms with van der Waals surface area (Å²) in [4.78, 5) is 36.1. The highest BCUT2D eigenvalue weighted by Gasteiger charge is 2.15. The second-order valence-electron chi connectivity index (χ2n) is 6.01. The Bertz CT molecular complexity index is 1160. The molecule has 0 aliphatic rings. The maximum Gasteiger partial charge on any atom is 0.341 e. The molecule has 0 saturated heterocycles. The summed E-state index contributed by atoms with van der Waals surface area (Å²) in [5.74, 6) is -0.719. The van der Waals surface area contributed by atoms with Crippen LogP contribution in [0.2, 0.25) is 0 Å². The number of carboxylic acid groups (broad SMARTS) is 1. The number of nitrogens with zero attached hydrogens (tertiary/aromatic N) is 1. The summed E-state index contributed by atoms with van der Waals surface area (Å²) in [5, 5.41) is 11.9. The number of carbonyl (C=O) groups excluding carboxylic acids is 1. The zero-order valence-corrected chi connectivity index (χ0v) is 15.7. The molecule has 29 heavy (non-hydrogen) atoms. The highest BCUT2D eigenvalue weighted by Crippen LogP contribution is 2.23. The van der Waals surface area contributed by atoms with Gasteiger partial charge in [-0.1, -0.05) is 6.07 Å². The molecule has 148 valence electrons. The van der Waals surface area contributed by atoms with E-state index in [1.54, 1.807) is 42.5 Å². The van der Waals surface area contributed by atoms with Crippen LogP contribution in [0.4, 0.5) is 5.69 Å². The molecule has 3 aromatic rings. The molecular weight excluding hydrogens is 376 g/mol. The molecule has 0 atom stereocenters. The van der Waals surface area contributed by atoms with Crippen LogP contribution < -0.4 is 20.3 Å². The molecule has 0 spiro atoms. The van der Waals surface area contributed by atoms with Crippen LogP contribution in [0.25, 0.3) is 11.6 Å². The normalized spacial score (nSPS) is 10.8. The molecule has 3 rings (SSSR count). The van der Waals surface area contributed by atoms with Gasteiger partial charge in [-0.2, -0.15) is 0 Å². The Balaban J connectivity index is 1.92. The standard InChI is InChI=1S/C21H18N2O6/c1-28-14-9-13(10-15(11-14)29-2)6-7-19(24)22-17-12-16(21(26)27)20(25)23-8-4-3-5-18(17)23/h3-12H,1-2H3,(H,22,24)(H,26,27)/b7-6+. The van der Waals surface area contributed by atoms with E-state index in [4.69, 9.17) is 9.47 Å². The third-order valence-electron chi connectivity index (χ3n) is 4.16. The molecular formula is C21H18N2O6. The van der Waals surface area contributed by atoms with Crippen molar-refractivity contribution in [3.8, 4) is 11.5 Å². The van der Waals surface area contributed by atoms with Gasteiger partial charge in [-0.05, 0) is 42.0 Å². The summed E-state index contributed by atoms with van der Waals surface area (Å²) in [7, 11) is 3.05. The number of fused-ring (bicyclic) bond motifs is 1. The second-order valence-corrected chi connectivity index (χ2v) is 6.01. The molecule has 0 saturated carbocycles. The lowest BCUT2D eigenvalue weighted by Crippen LogP contribution is -2.23. The molecule has 0 radical (unpaired) electrons. The number of benzene rings is 1. The van der Waals surface area contributed by atoms with Gasteiger partial charge in [0.2, 0.25) is 5.91 Å². The van der Waals surface area contributed by atoms with E-state index in [1.165, 1.54) is 30.9 Å². The highest BCUT2D eigenvalue weighted by atomic mass is 16.5. The highest BCUT2D eigenvalue weighted by molar-refractivity contribution is 6.05. The smallest absolute Gasteiger partial charge is 0.341 e. The molecule has 0 bridgehead atoms. The Kier molecular flexibility index (Phi) is 5.64. The fraction of sp³-hybridized carbons (Fsp3) is 0.0952. The van der Waals surface area contributed by atoms with Gasteiger partial charge in [0.1, 0.15) is 17.1 Å². The van der Waals surface area contributed by atoms with E-state index in [0.717, 1.165) is 6.07 Å². The molecule has 8 nitrogen and oxygen atoms in total. The lowest BCUT2D eigenvalue weighted by atomic mass is 10.1. The molecule has 2 aromatic heterocycles. The van der Waals surface area contributed by atoms with E-state index >= 15 is 0 Å². The van der Waals surface area contributed by atoms with Crippen LogP contribution >= 0.6 is 0 Å². The number of hydrogen-bond donors (Lipinski definition) is 2. The van der Waals surface area contributed by atoms with E-state index in [2.05, 4.69) is 5.32 Å². The van der Waals surface area contributed by atoms with Gasteiger partial charge in [0.25, 0.3) is 5.56 Å². The zero-order valence-electron chi connectivity index (χ0n) is 15.7. The molecule has 0 unspecified atom stereocenters. The Hall–Kier alpha value is -4.07. The van der Waals surface area contributed by atoms with Crippen molar-refractivity contribution in [1.29, 1.82) is 0 Å². The van der Waals surface area contributed by atoms with E-state index in [0.29, 0.717) is 22.6 Å². The van der Waals surface area contributed by atoms with Crippen LogP contribution in [0.5, 0.6) is 11.5 Å². The van der Waals surface area contributed by atoms with Crippen LogP contribution in [-0.2, 0) is 4.79 Å². The van der Waals surface area contributed by atoms with E-state index < -0.39 is 23.0 Å². The molecule has 1 amide bonds. The summed E-state index contributed by atoms with van der Waals surface area (Å²) in [5.41, 5.74) is 0.153. The minimum atomic E-state index is -1.37. The Morgan fingerprint density at radius 2 is 1.76 bits per heavy atom. The van der Waals surface area contributed by atoms with Gasteiger partial charge in [-0.25, -0.2) is 4.79 Å². The number of anilines is 1. The topological polar surface area (TPSA) is 106 Å². The quantitative estimate of drug-likeness (QED) is 0.623. The van der Waals surface area contributed by atoms with Crippen LogP contribution in [0.15, 0.2) is 59.5 Å². The molecule has 2 heterocycles. The number of pyridine rings is 2. The predicted molar refractivity (Wildman–Crippen MR) is 108 cm³/mol. The molecule has 0 aliphatic carbocycles. The van der Waals surface area contributed by atoms with Crippen LogP contribution in [0.1, 0.15) is 15.9 Å². The summed E-state index contributed by atoms with van der Waals surface area (Å²) >= 11 is 0. The van der Waals surface area contributed by atoms with Crippen molar-refractivity contribution in [2.24, 2.45) is 0 Å². The van der Waals surface area contributed by atoms with Crippen molar-refractivity contribution in [3.63, 3.8) is 0 Å². The second kappa shape index (κ2) is 8.30. The minimum Gasteiger partial charge on any atom is -0.497 e. The third kappa shape index (κ3) is 4.27. The Morgan fingerprint density at radius 1 is 1.07 bits per heavy atom. The number of rotatable bonds is 6. The van der Waals surface area contributed by atoms with Crippen molar-refractivity contribution in [1.82, 2.24) is 4.40 Å². The van der Waals surface area contributed by atoms with Gasteiger partial charge >= 0.3 is 5.97 Å². The van der Waals surface area contributed by atoms with Crippen molar-refractivity contribution in [3.05, 3.63) is 76.2 Å². The van der Waals surface area contributed by atoms with Crippen LogP contribution in [0.3, 0.4) is 0 Å². The fourth-order valence-corrected chi connectivity index (χ4v) is 2.77. The van der Waals surface area contributed by atoms with Crippen molar-refractivity contribution in [2.45, 2.75) is 0 Å². The first-order chi connectivity index (χ1) is 13.9. The minimum absolute atomic E-state index is 0.209. The third-order valence-corrected chi connectivity index (χ3v) is 4.16. The van der Waals surface area contributed by atoms with E-state index in [1.807, 2.05) is 0 Å². The van der Waals surface area contributed by atoms with Gasteiger partial charge in [0, 0.05) is 18.3 Å².